The van der Waals surface area contributed by atoms with E-state index in [9.17, 15) is 25.1 Å². The summed E-state index contributed by atoms with van der Waals surface area (Å²) in [6.45, 7) is 0. The lowest BCUT2D eigenvalue weighted by Crippen LogP contribution is -2.32. The normalized spacial score (nSPS) is 11.9. The van der Waals surface area contributed by atoms with Crippen molar-refractivity contribution in [1.82, 2.24) is 0 Å². The first kappa shape index (κ1) is 16.2. The fourth-order valence-electron chi connectivity index (χ4n) is 2.19. The predicted octanol–water partition coefficient (Wildman–Crippen LogP) is 1.63. The molecular formula is C15H14N2O6. The Hall–Kier alpha value is -3.13. The minimum Gasteiger partial charge on any atom is -0.504 e. The van der Waals surface area contributed by atoms with Crippen molar-refractivity contribution in [3.05, 3.63) is 52.1 Å². The third-order valence-corrected chi connectivity index (χ3v) is 3.38. The summed E-state index contributed by atoms with van der Waals surface area (Å²) in [5.74, 6) is -2.67. The molecule has 0 aromatic heterocycles. The van der Waals surface area contributed by atoms with Gasteiger partial charge in [0.25, 0.3) is 5.69 Å². The molecule has 5 N–H and O–H groups in total. The maximum absolute atomic E-state index is 11.2. The van der Waals surface area contributed by atoms with Gasteiger partial charge < -0.3 is 21.1 Å². The number of nitrogens with two attached hydrogens (primary N) is 1. The first-order valence-electron chi connectivity index (χ1n) is 6.59. The van der Waals surface area contributed by atoms with Crippen LogP contribution in [-0.2, 0) is 11.2 Å². The van der Waals surface area contributed by atoms with Crippen molar-refractivity contribution in [3.63, 3.8) is 0 Å². The van der Waals surface area contributed by atoms with Crippen LogP contribution in [0.5, 0.6) is 11.5 Å². The SMILES string of the molecule is N[C@@H](Cc1c([N+](=O)[O-])cc(-c2ccccc2)c(O)c1O)C(=O)O. The predicted molar refractivity (Wildman–Crippen MR) is 81.2 cm³/mol. The molecule has 1 atom stereocenters. The molecule has 0 saturated carbocycles. The number of nitrogens with zero attached hydrogens (tertiary/aromatic N) is 1. The Labute approximate surface area is 130 Å². The zero-order valence-electron chi connectivity index (χ0n) is 11.8. The van der Waals surface area contributed by atoms with Gasteiger partial charge in [0.1, 0.15) is 6.04 Å². The Morgan fingerprint density at radius 2 is 1.83 bits per heavy atom. The molecule has 2 aromatic carbocycles. The van der Waals surface area contributed by atoms with E-state index in [4.69, 9.17) is 10.8 Å². The Morgan fingerprint density at radius 1 is 1.22 bits per heavy atom. The van der Waals surface area contributed by atoms with E-state index >= 15 is 0 Å². The van der Waals surface area contributed by atoms with E-state index in [-0.39, 0.29) is 11.1 Å². The van der Waals surface area contributed by atoms with Gasteiger partial charge in [-0.3, -0.25) is 14.9 Å². The number of nitro groups is 1. The maximum Gasteiger partial charge on any atom is 0.320 e. The van der Waals surface area contributed by atoms with Crippen LogP contribution in [0.1, 0.15) is 5.56 Å². The van der Waals surface area contributed by atoms with Crippen molar-refractivity contribution in [2.75, 3.05) is 0 Å². The molecule has 0 spiro atoms. The average molecular weight is 318 g/mol. The number of benzene rings is 2. The van der Waals surface area contributed by atoms with Crippen LogP contribution in [-0.4, -0.2) is 32.3 Å². The largest absolute Gasteiger partial charge is 0.504 e. The molecule has 0 fully saturated rings. The zero-order chi connectivity index (χ0) is 17.1. The zero-order valence-corrected chi connectivity index (χ0v) is 11.8. The van der Waals surface area contributed by atoms with E-state index in [1.54, 1.807) is 30.3 Å². The smallest absolute Gasteiger partial charge is 0.320 e. The molecule has 0 aliphatic carbocycles. The third-order valence-electron chi connectivity index (χ3n) is 3.38. The van der Waals surface area contributed by atoms with Crippen molar-refractivity contribution in [1.29, 1.82) is 0 Å². The molecule has 8 nitrogen and oxygen atoms in total. The fraction of sp³-hybridized carbons (Fsp3) is 0.133. The van der Waals surface area contributed by atoms with Crippen LogP contribution >= 0.6 is 0 Å². The fourth-order valence-corrected chi connectivity index (χ4v) is 2.19. The van der Waals surface area contributed by atoms with E-state index in [0.717, 1.165) is 6.07 Å². The van der Waals surface area contributed by atoms with E-state index in [0.29, 0.717) is 5.56 Å². The minimum atomic E-state index is -1.44. The summed E-state index contributed by atoms with van der Waals surface area (Å²) in [7, 11) is 0. The topological polar surface area (TPSA) is 147 Å². The molecule has 0 radical (unpaired) electrons. The summed E-state index contributed by atoms with van der Waals surface area (Å²) in [5.41, 5.74) is 5.09. The number of phenolic OH excluding ortho intramolecular Hbond substituents is 2. The lowest BCUT2D eigenvalue weighted by atomic mass is 9.96. The number of aliphatic carboxylic acids is 1. The first-order chi connectivity index (χ1) is 10.8. The standard InChI is InChI=1S/C15H14N2O6/c16-11(15(20)21)6-10-12(17(22)23)7-9(13(18)14(10)19)8-4-2-1-3-5-8/h1-5,7,11,18-19H,6,16H2,(H,20,21)/t11-/m0/s1. The molecule has 0 heterocycles. The highest BCUT2D eigenvalue weighted by Gasteiger charge is 2.28. The number of phenols is 2. The molecule has 0 unspecified atom stereocenters. The second-order valence-electron chi connectivity index (χ2n) is 4.89. The Kier molecular flexibility index (Phi) is 4.47. The van der Waals surface area contributed by atoms with Gasteiger partial charge >= 0.3 is 5.97 Å². The number of carbonyl (C=O) groups is 1. The van der Waals surface area contributed by atoms with Gasteiger partial charge in [-0.2, -0.15) is 0 Å². The Morgan fingerprint density at radius 3 is 2.35 bits per heavy atom. The maximum atomic E-state index is 11.2. The van der Waals surface area contributed by atoms with Gasteiger partial charge in [-0.05, 0) is 5.56 Å². The lowest BCUT2D eigenvalue weighted by Gasteiger charge is -2.13. The highest BCUT2D eigenvalue weighted by molar-refractivity contribution is 5.79. The highest BCUT2D eigenvalue weighted by Crippen LogP contribution is 2.44. The van der Waals surface area contributed by atoms with Crippen molar-refractivity contribution in [2.45, 2.75) is 12.5 Å². The monoisotopic (exact) mass is 318 g/mol. The third kappa shape index (κ3) is 3.22. The van der Waals surface area contributed by atoms with Crippen molar-refractivity contribution >= 4 is 11.7 Å². The highest BCUT2D eigenvalue weighted by atomic mass is 16.6. The van der Waals surface area contributed by atoms with Gasteiger partial charge in [-0.25, -0.2) is 0 Å². The van der Waals surface area contributed by atoms with E-state index < -0.39 is 40.5 Å². The van der Waals surface area contributed by atoms with Crippen LogP contribution in [0, 0.1) is 10.1 Å². The van der Waals surface area contributed by atoms with Gasteiger partial charge in [0.05, 0.1) is 10.5 Å². The number of nitro benzene ring substituents is 1. The van der Waals surface area contributed by atoms with Crippen molar-refractivity contribution in [3.8, 4) is 22.6 Å². The first-order valence-corrected chi connectivity index (χ1v) is 6.59. The average Bonchev–Trinajstić information content (AvgIpc) is 2.52. The number of aromatic hydroxyl groups is 2. The molecule has 8 heteroatoms. The van der Waals surface area contributed by atoms with Crippen molar-refractivity contribution in [2.24, 2.45) is 5.73 Å². The molecule has 120 valence electrons. The summed E-state index contributed by atoms with van der Waals surface area (Å²) < 4.78 is 0. The summed E-state index contributed by atoms with van der Waals surface area (Å²) in [6.07, 6.45) is -0.486. The molecule has 0 aliphatic rings. The Balaban J connectivity index is 2.63. The van der Waals surface area contributed by atoms with E-state index in [2.05, 4.69) is 0 Å². The molecule has 0 bridgehead atoms. The van der Waals surface area contributed by atoms with Crippen LogP contribution in [0.25, 0.3) is 11.1 Å². The van der Waals surface area contributed by atoms with Crippen LogP contribution in [0.3, 0.4) is 0 Å². The minimum absolute atomic E-state index is 0.0717. The molecule has 2 rings (SSSR count). The van der Waals surface area contributed by atoms with Crippen LogP contribution < -0.4 is 5.73 Å². The van der Waals surface area contributed by atoms with Gasteiger partial charge in [-0.15, -0.1) is 0 Å². The second-order valence-corrected chi connectivity index (χ2v) is 4.89. The number of hydrogen-bond donors (Lipinski definition) is 4. The number of carboxylic acids is 1. The number of carboxylic acid groups (broad SMARTS) is 1. The quantitative estimate of drug-likeness (QED) is 0.372. The molecule has 2 aromatic rings. The molecule has 0 saturated heterocycles. The summed E-state index contributed by atoms with van der Waals surface area (Å²) in [4.78, 5) is 21.3. The van der Waals surface area contributed by atoms with Gasteiger partial charge in [0.15, 0.2) is 11.5 Å². The molecule has 23 heavy (non-hydrogen) atoms. The molecule has 0 aliphatic heterocycles. The lowest BCUT2D eigenvalue weighted by molar-refractivity contribution is -0.385. The molecular weight excluding hydrogens is 304 g/mol. The van der Waals surface area contributed by atoms with E-state index in [1.165, 1.54) is 0 Å². The van der Waals surface area contributed by atoms with Gasteiger partial charge in [0, 0.05) is 18.1 Å². The van der Waals surface area contributed by atoms with Crippen molar-refractivity contribution < 1.29 is 25.0 Å². The number of rotatable bonds is 5. The second kappa shape index (κ2) is 6.32. The van der Waals surface area contributed by atoms with Crippen LogP contribution in [0.2, 0.25) is 0 Å². The van der Waals surface area contributed by atoms with E-state index in [1.807, 2.05) is 0 Å². The van der Waals surface area contributed by atoms with Gasteiger partial charge in [-0.1, -0.05) is 30.3 Å². The summed E-state index contributed by atoms with van der Waals surface area (Å²) in [5, 5.41) is 40.3. The van der Waals surface area contributed by atoms with Gasteiger partial charge in [0.2, 0.25) is 0 Å². The van der Waals surface area contributed by atoms with Crippen LogP contribution in [0.4, 0.5) is 5.69 Å². The number of hydrogen-bond acceptors (Lipinski definition) is 6. The van der Waals surface area contributed by atoms with Crippen LogP contribution in [0.15, 0.2) is 36.4 Å². The summed E-state index contributed by atoms with van der Waals surface area (Å²) >= 11 is 0. The Bertz CT molecular complexity index is 760. The molecule has 0 amide bonds. The summed E-state index contributed by atoms with van der Waals surface area (Å²) in [6, 6.07) is 7.95.